The summed E-state index contributed by atoms with van der Waals surface area (Å²) in [5.41, 5.74) is 1.36. The number of aliphatic hydroxyl groups excluding tert-OH is 1. The van der Waals surface area contributed by atoms with Gasteiger partial charge in [0, 0.05) is 12.5 Å². The molecule has 1 unspecified atom stereocenters. The van der Waals surface area contributed by atoms with Crippen molar-refractivity contribution in [2.45, 2.75) is 174 Å². The highest BCUT2D eigenvalue weighted by Crippen LogP contribution is 2.46. The second-order valence-corrected chi connectivity index (χ2v) is 26.3. The zero-order chi connectivity index (χ0) is 34.1. The summed E-state index contributed by atoms with van der Waals surface area (Å²) in [6, 6.07) is 10.8. The van der Waals surface area contributed by atoms with Crippen LogP contribution in [0.25, 0.3) is 0 Å². The van der Waals surface area contributed by atoms with E-state index in [1.807, 2.05) is 13.8 Å². The van der Waals surface area contributed by atoms with E-state index in [1.165, 1.54) is 5.56 Å². The molecule has 2 rings (SSSR count). The molecule has 0 aliphatic heterocycles. The summed E-state index contributed by atoms with van der Waals surface area (Å²) >= 11 is 0. The van der Waals surface area contributed by atoms with Gasteiger partial charge < -0.3 is 18.7 Å². The molecule has 1 aromatic carbocycles. The number of allylic oxidation sites excluding steroid dienone is 2. The van der Waals surface area contributed by atoms with Crippen molar-refractivity contribution >= 4 is 22.6 Å². The number of benzene rings is 1. The number of hydrogen-bond donors (Lipinski definition) is 1. The minimum atomic E-state index is -2.02. The van der Waals surface area contributed by atoms with Crippen LogP contribution in [0.1, 0.15) is 112 Å². The van der Waals surface area contributed by atoms with E-state index in [2.05, 4.69) is 110 Å². The summed E-state index contributed by atoms with van der Waals surface area (Å²) < 4.78 is 19.4. The number of rotatable bonds is 17. The van der Waals surface area contributed by atoms with Gasteiger partial charge in [-0.15, -0.1) is 0 Å². The van der Waals surface area contributed by atoms with Crippen molar-refractivity contribution in [3.63, 3.8) is 0 Å². The number of carbonyl (C=O) groups excluding carboxylic acids is 1. The third-order valence-electron chi connectivity index (χ3n) is 10.6. The molecule has 1 saturated carbocycles. The van der Waals surface area contributed by atoms with Crippen LogP contribution in [-0.2, 0) is 24.8 Å². The first kappa shape index (κ1) is 39.9. The average molecular weight is 661 g/mol. The molecule has 0 radical (unpaired) electrons. The van der Waals surface area contributed by atoms with Gasteiger partial charge in [-0.05, 0) is 119 Å². The molecule has 0 saturated heterocycles. The summed E-state index contributed by atoms with van der Waals surface area (Å²) in [6.07, 6.45) is 11.8. The minimum absolute atomic E-state index is 0.0627. The summed E-state index contributed by atoms with van der Waals surface area (Å²) in [6.45, 7) is 27.0. The maximum Gasteiger partial charge on any atom is 0.306 e. The molecule has 258 valence electrons. The number of aryl methyl sites for hydroxylation is 1. The third kappa shape index (κ3) is 13.0. The number of esters is 1. The molecule has 0 aromatic heterocycles. The van der Waals surface area contributed by atoms with Crippen molar-refractivity contribution in [1.82, 2.24) is 0 Å². The molecule has 1 aromatic rings. The molecule has 5 nitrogen and oxygen atoms in total. The molecule has 0 spiro atoms. The Hall–Kier alpha value is -1.26. The Bertz CT molecular complexity index is 1040. The first-order chi connectivity index (χ1) is 20.7. The largest absolute Gasteiger partial charge is 0.463 e. The van der Waals surface area contributed by atoms with Crippen molar-refractivity contribution in [3.8, 4) is 0 Å². The van der Waals surface area contributed by atoms with E-state index in [0.717, 1.165) is 44.9 Å². The monoisotopic (exact) mass is 660 g/mol. The lowest BCUT2D eigenvalue weighted by atomic mass is 9.85. The molecule has 0 heterocycles. The van der Waals surface area contributed by atoms with Gasteiger partial charge in [-0.2, -0.15) is 0 Å². The van der Waals surface area contributed by atoms with Crippen LogP contribution in [-0.4, -0.2) is 52.1 Å². The zero-order valence-electron chi connectivity index (χ0n) is 30.9. The number of hydrogen-bond acceptors (Lipinski definition) is 5. The third-order valence-corrected chi connectivity index (χ3v) is 19.7. The molecule has 0 amide bonds. The predicted molar refractivity (Wildman–Crippen MR) is 195 cm³/mol. The number of carbonyl (C=O) groups is 1. The molecular formula is C38H68O5Si2. The van der Waals surface area contributed by atoms with Crippen molar-refractivity contribution in [1.29, 1.82) is 0 Å². The van der Waals surface area contributed by atoms with Crippen molar-refractivity contribution in [2.75, 3.05) is 0 Å². The van der Waals surface area contributed by atoms with Gasteiger partial charge >= 0.3 is 5.97 Å². The molecule has 1 aliphatic carbocycles. The highest BCUT2D eigenvalue weighted by molar-refractivity contribution is 6.74. The Labute approximate surface area is 279 Å². The fourth-order valence-electron chi connectivity index (χ4n) is 5.83. The van der Waals surface area contributed by atoms with E-state index >= 15 is 0 Å². The van der Waals surface area contributed by atoms with E-state index in [4.69, 9.17) is 13.6 Å². The molecule has 1 N–H and O–H groups in total. The van der Waals surface area contributed by atoms with Crippen LogP contribution in [0.4, 0.5) is 0 Å². The summed E-state index contributed by atoms with van der Waals surface area (Å²) in [5, 5.41) is 11.7. The van der Waals surface area contributed by atoms with Crippen LogP contribution in [0.2, 0.25) is 36.3 Å². The number of aliphatic hydroxyl groups is 1. The van der Waals surface area contributed by atoms with Gasteiger partial charge in [0.05, 0.1) is 18.3 Å². The van der Waals surface area contributed by atoms with E-state index in [0.29, 0.717) is 12.8 Å². The SMILES string of the molecule is CC(C)OC(=O)CCCC=CC[C@@H]1[C@@H](CCC(CCc2ccccc2)O[Si](C)(C)C(C)(C)C)[C@H](O[Si](C)(C)C(C)(C)C)C[C@@H]1O. The maximum atomic E-state index is 11.9. The topological polar surface area (TPSA) is 65.0 Å². The van der Waals surface area contributed by atoms with Gasteiger partial charge in [-0.25, -0.2) is 0 Å². The Morgan fingerprint density at radius 1 is 0.933 bits per heavy atom. The van der Waals surface area contributed by atoms with Crippen LogP contribution in [0.5, 0.6) is 0 Å². The zero-order valence-corrected chi connectivity index (χ0v) is 32.9. The van der Waals surface area contributed by atoms with E-state index < -0.39 is 16.6 Å². The molecule has 45 heavy (non-hydrogen) atoms. The van der Waals surface area contributed by atoms with Gasteiger partial charge in [0.2, 0.25) is 0 Å². The highest BCUT2D eigenvalue weighted by Gasteiger charge is 2.48. The fourth-order valence-corrected chi connectivity index (χ4v) is 8.64. The van der Waals surface area contributed by atoms with Crippen LogP contribution in [0.15, 0.2) is 42.5 Å². The lowest BCUT2D eigenvalue weighted by Crippen LogP contribution is -2.45. The molecule has 5 atom stereocenters. The van der Waals surface area contributed by atoms with Crippen LogP contribution < -0.4 is 0 Å². The van der Waals surface area contributed by atoms with Crippen LogP contribution in [0.3, 0.4) is 0 Å². The predicted octanol–water partition coefficient (Wildman–Crippen LogP) is 10.2. The first-order valence-electron chi connectivity index (χ1n) is 17.7. The molecule has 1 fully saturated rings. The number of ether oxygens (including phenoxy) is 1. The van der Waals surface area contributed by atoms with Crippen molar-refractivity contribution < 1.29 is 23.5 Å². The van der Waals surface area contributed by atoms with Gasteiger partial charge in [0.1, 0.15) is 0 Å². The Morgan fingerprint density at radius 3 is 2.13 bits per heavy atom. The standard InChI is InChI=1S/C38H68O5Si2/c1-29(2)41-36(40)23-19-14-13-18-22-32-33(35(28-34(32)39)43-45(11,12)38(6,7)8)27-26-31(42-44(9,10)37(3,4)5)25-24-30-20-16-15-17-21-30/h13,15-18,20-21,29,31-35,39H,14,19,22-28H2,1-12H3/t31?,32-,33-,34+,35-/m1/s1. The number of unbranched alkanes of at least 4 members (excludes halogenated alkanes) is 1. The van der Waals surface area contributed by atoms with Crippen LogP contribution in [0, 0.1) is 11.8 Å². The second kappa shape index (κ2) is 17.2. The van der Waals surface area contributed by atoms with Crippen molar-refractivity contribution in [3.05, 3.63) is 48.0 Å². The van der Waals surface area contributed by atoms with Crippen LogP contribution >= 0.6 is 0 Å². The minimum Gasteiger partial charge on any atom is -0.463 e. The molecule has 0 bridgehead atoms. The van der Waals surface area contributed by atoms with Gasteiger partial charge in [-0.3, -0.25) is 4.79 Å². The highest BCUT2D eigenvalue weighted by atomic mass is 28.4. The summed E-state index contributed by atoms with van der Waals surface area (Å²) in [5.74, 6) is 0.309. The van der Waals surface area contributed by atoms with E-state index in [9.17, 15) is 9.90 Å². The van der Waals surface area contributed by atoms with E-state index in [-0.39, 0.29) is 52.3 Å². The van der Waals surface area contributed by atoms with Gasteiger partial charge in [0.25, 0.3) is 0 Å². The summed E-state index contributed by atoms with van der Waals surface area (Å²) in [4.78, 5) is 11.9. The Balaban J connectivity index is 2.21. The van der Waals surface area contributed by atoms with Gasteiger partial charge in [-0.1, -0.05) is 84.0 Å². The first-order valence-corrected chi connectivity index (χ1v) is 23.5. The van der Waals surface area contributed by atoms with Gasteiger partial charge in [0.15, 0.2) is 16.6 Å². The smallest absolute Gasteiger partial charge is 0.306 e. The Morgan fingerprint density at radius 2 is 1.56 bits per heavy atom. The lowest BCUT2D eigenvalue weighted by molar-refractivity contribution is -0.147. The normalized spacial score (nSPS) is 22.4. The molecular weight excluding hydrogens is 593 g/mol. The summed E-state index contributed by atoms with van der Waals surface area (Å²) in [7, 11) is -3.98. The molecule has 7 heteroatoms. The Kier molecular flexibility index (Phi) is 15.3. The van der Waals surface area contributed by atoms with E-state index in [1.54, 1.807) is 0 Å². The second-order valence-electron chi connectivity index (χ2n) is 16.8. The average Bonchev–Trinajstić information content (AvgIpc) is 3.19. The fraction of sp³-hybridized carbons (Fsp3) is 0.763. The quantitative estimate of drug-likeness (QED) is 0.0780. The lowest BCUT2D eigenvalue weighted by Gasteiger charge is -2.41. The maximum absolute atomic E-state index is 11.9. The van der Waals surface area contributed by atoms with Crippen molar-refractivity contribution in [2.24, 2.45) is 11.8 Å². The molecule has 1 aliphatic rings.